The predicted molar refractivity (Wildman–Crippen MR) is 98.8 cm³/mol. The molecule has 0 amide bonds. The van der Waals surface area contributed by atoms with Crippen molar-refractivity contribution in [1.82, 2.24) is 24.7 Å². The Morgan fingerprint density at radius 1 is 0.889 bits per heavy atom. The van der Waals surface area contributed by atoms with Crippen LogP contribution in [0.1, 0.15) is 0 Å². The highest BCUT2D eigenvalue weighted by atomic mass is 16.6. The van der Waals surface area contributed by atoms with Gasteiger partial charge >= 0.3 is 0 Å². The summed E-state index contributed by atoms with van der Waals surface area (Å²) >= 11 is 0. The maximum absolute atomic E-state index is 10.8. The Labute approximate surface area is 153 Å². The van der Waals surface area contributed by atoms with E-state index in [4.69, 9.17) is 0 Å². The summed E-state index contributed by atoms with van der Waals surface area (Å²) in [6.45, 7) is 0. The molecule has 0 aliphatic heterocycles. The van der Waals surface area contributed by atoms with Crippen molar-refractivity contribution in [1.29, 1.82) is 0 Å². The fourth-order valence-corrected chi connectivity index (χ4v) is 2.52. The summed E-state index contributed by atoms with van der Waals surface area (Å²) in [5.74, 6) is 1.56. The van der Waals surface area contributed by atoms with E-state index in [0.29, 0.717) is 29.0 Å². The molecule has 0 fully saturated rings. The van der Waals surface area contributed by atoms with Crippen LogP contribution in [0.25, 0.3) is 17.3 Å². The summed E-state index contributed by atoms with van der Waals surface area (Å²) in [5, 5.41) is 22.4. The van der Waals surface area contributed by atoms with Crippen LogP contribution in [-0.2, 0) is 0 Å². The normalized spacial score (nSPS) is 10.5. The van der Waals surface area contributed by atoms with Gasteiger partial charge in [0.05, 0.1) is 4.92 Å². The van der Waals surface area contributed by atoms with Gasteiger partial charge in [0.25, 0.3) is 5.69 Å². The van der Waals surface area contributed by atoms with Crippen molar-refractivity contribution in [2.24, 2.45) is 0 Å². The fourth-order valence-electron chi connectivity index (χ4n) is 2.52. The molecule has 1 aromatic carbocycles. The molecule has 0 saturated carbocycles. The molecule has 0 saturated heterocycles. The number of benzene rings is 1. The zero-order chi connectivity index (χ0) is 18.6. The van der Waals surface area contributed by atoms with Crippen LogP contribution in [0, 0.1) is 10.1 Å². The summed E-state index contributed by atoms with van der Waals surface area (Å²) in [4.78, 5) is 19.1. The number of pyridine rings is 2. The number of nitrogens with one attached hydrogen (secondary N) is 1. The molecule has 0 aliphatic rings. The maximum atomic E-state index is 10.8. The fraction of sp³-hybridized carbons (Fsp3) is 0. The van der Waals surface area contributed by atoms with Gasteiger partial charge in [0.1, 0.15) is 11.5 Å². The van der Waals surface area contributed by atoms with Gasteiger partial charge in [-0.15, -0.1) is 10.2 Å². The van der Waals surface area contributed by atoms with E-state index in [-0.39, 0.29) is 5.69 Å². The highest BCUT2D eigenvalue weighted by Gasteiger charge is 2.17. The molecule has 9 nitrogen and oxygen atoms in total. The SMILES string of the molecule is O=[N+]([O-])c1ccc(Nc2nnc(-c3ccccn3)n2-c2ccccn2)cc1. The molecule has 27 heavy (non-hydrogen) atoms. The molecule has 0 spiro atoms. The minimum atomic E-state index is -0.445. The number of nitrogens with zero attached hydrogens (tertiary/aromatic N) is 6. The number of rotatable bonds is 5. The molecular weight excluding hydrogens is 346 g/mol. The summed E-state index contributed by atoms with van der Waals surface area (Å²) in [5.41, 5.74) is 1.30. The first-order chi connectivity index (χ1) is 13.2. The van der Waals surface area contributed by atoms with Gasteiger partial charge < -0.3 is 5.32 Å². The van der Waals surface area contributed by atoms with E-state index in [1.165, 1.54) is 12.1 Å². The van der Waals surface area contributed by atoms with E-state index in [9.17, 15) is 10.1 Å². The van der Waals surface area contributed by atoms with Crippen LogP contribution in [-0.4, -0.2) is 29.7 Å². The van der Waals surface area contributed by atoms with Crippen LogP contribution >= 0.6 is 0 Å². The highest BCUT2D eigenvalue weighted by Crippen LogP contribution is 2.25. The van der Waals surface area contributed by atoms with Crippen LogP contribution in [0.5, 0.6) is 0 Å². The van der Waals surface area contributed by atoms with Crippen molar-refractivity contribution in [3.63, 3.8) is 0 Å². The van der Waals surface area contributed by atoms with E-state index in [1.54, 1.807) is 29.1 Å². The molecular formula is C18H13N7O2. The van der Waals surface area contributed by atoms with Crippen molar-refractivity contribution >= 4 is 17.3 Å². The van der Waals surface area contributed by atoms with Crippen molar-refractivity contribution < 1.29 is 4.92 Å². The minimum absolute atomic E-state index is 0.0147. The topological polar surface area (TPSA) is 112 Å². The average Bonchev–Trinajstić information content (AvgIpc) is 3.13. The lowest BCUT2D eigenvalue weighted by Crippen LogP contribution is -2.05. The second-order valence-corrected chi connectivity index (χ2v) is 5.51. The first-order valence-electron chi connectivity index (χ1n) is 8.02. The second kappa shape index (κ2) is 7.00. The van der Waals surface area contributed by atoms with Gasteiger partial charge in [-0.2, -0.15) is 0 Å². The van der Waals surface area contributed by atoms with Crippen LogP contribution in [0.2, 0.25) is 0 Å². The summed E-state index contributed by atoms with van der Waals surface area (Å²) < 4.78 is 1.74. The molecule has 4 aromatic rings. The molecule has 132 valence electrons. The standard InChI is InChI=1S/C18H13N7O2/c26-25(27)14-9-7-13(8-10-14)21-18-23-22-17(15-5-1-3-11-19-15)24(18)16-6-2-4-12-20-16/h1-12H,(H,21,23). The minimum Gasteiger partial charge on any atom is -0.324 e. The Kier molecular flexibility index (Phi) is 4.24. The average molecular weight is 359 g/mol. The van der Waals surface area contributed by atoms with Crippen molar-refractivity contribution in [3.05, 3.63) is 83.2 Å². The van der Waals surface area contributed by atoms with Gasteiger partial charge in [0.2, 0.25) is 5.95 Å². The van der Waals surface area contributed by atoms with E-state index in [1.807, 2.05) is 36.4 Å². The van der Waals surface area contributed by atoms with Gasteiger partial charge in [-0.1, -0.05) is 12.1 Å². The number of nitro benzene ring substituents is 1. The molecule has 0 atom stereocenters. The second-order valence-electron chi connectivity index (χ2n) is 5.51. The Morgan fingerprint density at radius 2 is 1.63 bits per heavy atom. The van der Waals surface area contributed by atoms with Crippen molar-refractivity contribution in [3.8, 4) is 17.3 Å². The Balaban J connectivity index is 1.77. The number of hydrogen-bond acceptors (Lipinski definition) is 7. The lowest BCUT2D eigenvalue weighted by molar-refractivity contribution is -0.384. The molecule has 0 radical (unpaired) electrons. The van der Waals surface area contributed by atoms with Crippen LogP contribution < -0.4 is 5.32 Å². The number of nitro groups is 1. The third-order valence-electron chi connectivity index (χ3n) is 3.77. The smallest absolute Gasteiger partial charge is 0.269 e. The van der Waals surface area contributed by atoms with Crippen LogP contribution in [0.3, 0.4) is 0 Å². The van der Waals surface area contributed by atoms with Gasteiger partial charge in [0.15, 0.2) is 5.82 Å². The monoisotopic (exact) mass is 359 g/mol. The van der Waals surface area contributed by atoms with Gasteiger partial charge in [-0.25, -0.2) is 9.55 Å². The van der Waals surface area contributed by atoms with Gasteiger partial charge in [0, 0.05) is 30.2 Å². The van der Waals surface area contributed by atoms with Gasteiger partial charge in [-0.05, 0) is 36.4 Å². The first-order valence-corrected chi connectivity index (χ1v) is 8.02. The molecule has 9 heteroatoms. The van der Waals surface area contributed by atoms with Gasteiger partial charge in [-0.3, -0.25) is 15.1 Å². The molecule has 4 rings (SSSR count). The third kappa shape index (κ3) is 3.33. The van der Waals surface area contributed by atoms with E-state index in [2.05, 4.69) is 25.5 Å². The molecule has 3 aromatic heterocycles. The number of anilines is 2. The third-order valence-corrected chi connectivity index (χ3v) is 3.77. The summed E-state index contributed by atoms with van der Waals surface area (Å²) in [7, 11) is 0. The Morgan fingerprint density at radius 3 is 2.26 bits per heavy atom. The van der Waals surface area contributed by atoms with E-state index >= 15 is 0 Å². The zero-order valence-corrected chi connectivity index (χ0v) is 13.9. The Hall–Kier alpha value is -4.14. The number of non-ortho nitro benzene ring substituents is 1. The highest BCUT2D eigenvalue weighted by molar-refractivity contribution is 5.62. The maximum Gasteiger partial charge on any atom is 0.269 e. The van der Waals surface area contributed by atoms with Crippen molar-refractivity contribution in [2.75, 3.05) is 5.32 Å². The summed E-state index contributed by atoms with van der Waals surface area (Å²) in [6.07, 6.45) is 3.35. The largest absolute Gasteiger partial charge is 0.324 e. The van der Waals surface area contributed by atoms with Crippen LogP contribution in [0.15, 0.2) is 73.1 Å². The molecule has 3 heterocycles. The first kappa shape index (κ1) is 16.3. The molecule has 0 bridgehead atoms. The molecule has 1 N–H and O–H groups in total. The number of hydrogen-bond donors (Lipinski definition) is 1. The number of aromatic nitrogens is 5. The lowest BCUT2D eigenvalue weighted by Gasteiger charge is -2.10. The lowest BCUT2D eigenvalue weighted by atomic mass is 10.3. The molecule has 0 unspecified atom stereocenters. The predicted octanol–water partition coefficient (Wildman–Crippen LogP) is 3.38. The zero-order valence-electron chi connectivity index (χ0n) is 13.9. The van der Waals surface area contributed by atoms with Crippen molar-refractivity contribution in [2.45, 2.75) is 0 Å². The Bertz CT molecular complexity index is 1060. The van der Waals surface area contributed by atoms with E-state index < -0.39 is 4.92 Å². The quantitative estimate of drug-likeness (QED) is 0.429. The summed E-state index contributed by atoms with van der Waals surface area (Å²) in [6, 6.07) is 17.1. The molecule has 0 aliphatic carbocycles. The van der Waals surface area contributed by atoms with Crippen LogP contribution in [0.4, 0.5) is 17.3 Å². The van der Waals surface area contributed by atoms with E-state index in [0.717, 1.165) is 0 Å².